The van der Waals surface area contributed by atoms with Gasteiger partial charge in [0.05, 0.1) is 19.0 Å². The maximum Gasteiger partial charge on any atom is 0.321 e. The zero-order valence-electron chi connectivity index (χ0n) is 13.4. The van der Waals surface area contributed by atoms with Gasteiger partial charge in [-0.1, -0.05) is 18.2 Å². The first kappa shape index (κ1) is 16.7. The molecule has 122 valence electrons. The number of nitrogens with zero attached hydrogens (tertiary/aromatic N) is 2. The van der Waals surface area contributed by atoms with Crippen molar-refractivity contribution in [2.24, 2.45) is 0 Å². The van der Waals surface area contributed by atoms with Crippen LogP contribution in [0.4, 0.5) is 14.9 Å². The number of likely N-dealkylation sites (N-methyl/N-ethyl adjacent to an activating group) is 1. The second kappa shape index (κ2) is 7.58. The van der Waals surface area contributed by atoms with E-state index in [2.05, 4.69) is 10.3 Å². The Balaban J connectivity index is 2.03. The summed E-state index contributed by atoms with van der Waals surface area (Å²) in [7, 11) is 3.29. The lowest BCUT2D eigenvalue weighted by Crippen LogP contribution is -2.39. The van der Waals surface area contributed by atoms with Crippen LogP contribution >= 0.6 is 0 Å². The van der Waals surface area contributed by atoms with Gasteiger partial charge >= 0.3 is 6.03 Å². The van der Waals surface area contributed by atoms with Crippen LogP contribution in [0.15, 0.2) is 42.7 Å². The highest BCUT2D eigenvalue weighted by Gasteiger charge is 2.18. The number of urea groups is 1. The largest absolute Gasteiger partial charge is 0.496 e. The number of carbonyl (C=O) groups is 1. The van der Waals surface area contributed by atoms with E-state index < -0.39 is 5.82 Å². The van der Waals surface area contributed by atoms with E-state index in [-0.39, 0.29) is 17.8 Å². The summed E-state index contributed by atoms with van der Waals surface area (Å²) in [5.74, 6) is 0.222. The predicted octanol–water partition coefficient (Wildman–Crippen LogP) is 3.32. The van der Waals surface area contributed by atoms with Crippen molar-refractivity contribution in [1.82, 2.24) is 9.88 Å². The molecule has 1 atom stereocenters. The molecule has 0 radical (unpaired) electrons. The van der Waals surface area contributed by atoms with Gasteiger partial charge in [-0.15, -0.1) is 0 Å². The Labute approximate surface area is 135 Å². The number of ether oxygens (including phenoxy) is 1. The Morgan fingerprint density at radius 3 is 2.83 bits per heavy atom. The second-order valence-electron chi connectivity index (χ2n) is 5.26. The normalized spacial score (nSPS) is 11.7. The van der Waals surface area contributed by atoms with Gasteiger partial charge in [0.2, 0.25) is 0 Å². The molecule has 1 aromatic carbocycles. The molecule has 0 bridgehead atoms. The van der Waals surface area contributed by atoms with Gasteiger partial charge < -0.3 is 15.0 Å². The van der Waals surface area contributed by atoms with Crippen molar-refractivity contribution in [3.8, 4) is 5.75 Å². The third kappa shape index (κ3) is 4.18. The van der Waals surface area contributed by atoms with Gasteiger partial charge in [-0.3, -0.25) is 4.98 Å². The van der Waals surface area contributed by atoms with Crippen molar-refractivity contribution in [1.29, 1.82) is 0 Å². The van der Waals surface area contributed by atoms with E-state index in [4.69, 9.17) is 4.74 Å². The van der Waals surface area contributed by atoms with Gasteiger partial charge in [0.1, 0.15) is 5.75 Å². The Kier molecular flexibility index (Phi) is 5.51. The van der Waals surface area contributed by atoms with Gasteiger partial charge in [-0.25, -0.2) is 9.18 Å². The van der Waals surface area contributed by atoms with Gasteiger partial charge in [0.25, 0.3) is 0 Å². The van der Waals surface area contributed by atoms with Crippen LogP contribution in [0.25, 0.3) is 0 Å². The average Bonchev–Trinajstić information content (AvgIpc) is 2.56. The summed E-state index contributed by atoms with van der Waals surface area (Å²) >= 11 is 0. The number of nitrogens with one attached hydrogen (secondary N) is 1. The molecule has 0 saturated heterocycles. The molecule has 2 aromatic rings. The van der Waals surface area contributed by atoms with Crippen molar-refractivity contribution in [2.45, 2.75) is 19.4 Å². The molecular weight excluding hydrogens is 297 g/mol. The number of methoxy groups -OCH3 is 1. The lowest BCUT2D eigenvalue weighted by atomic mass is 10.1. The number of amides is 2. The van der Waals surface area contributed by atoms with Gasteiger partial charge in [-0.05, 0) is 31.0 Å². The lowest BCUT2D eigenvalue weighted by molar-refractivity contribution is 0.207. The maximum atomic E-state index is 13.5. The number of anilines is 1. The summed E-state index contributed by atoms with van der Waals surface area (Å²) < 4.78 is 18.9. The molecule has 0 aliphatic heterocycles. The molecular formula is C17H20FN3O2. The van der Waals surface area contributed by atoms with Gasteiger partial charge in [0, 0.05) is 19.3 Å². The van der Waals surface area contributed by atoms with Crippen LogP contribution in [0, 0.1) is 5.82 Å². The molecule has 2 amide bonds. The molecule has 1 aromatic heterocycles. The summed E-state index contributed by atoms with van der Waals surface area (Å²) in [6.07, 6.45) is 3.12. The Morgan fingerprint density at radius 2 is 2.13 bits per heavy atom. The van der Waals surface area contributed by atoms with Crippen molar-refractivity contribution < 1.29 is 13.9 Å². The molecule has 2 rings (SSSR count). The van der Waals surface area contributed by atoms with E-state index >= 15 is 0 Å². The monoisotopic (exact) mass is 317 g/mol. The minimum atomic E-state index is -0.563. The van der Waals surface area contributed by atoms with Crippen LogP contribution in [-0.4, -0.2) is 36.1 Å². The molecule has 0 fully saturated rings. The van der Waals surface area contributed by atoms with E-state index in [1.54, 1.807) is 14.2 Å². The zero-order chi connectivity index (χ0) is 16.8. The molecule has 5 nitrogen and oxygen atoms in total. The van der Waals surface area contributed by atoms with Crippen LogP contribution in [0.1, 0.15) is 12.5 Å². The maximum absolute atomic E-state index is 13.5. The van der Waals surface area contributed by atoms with Crippen LogP contribution in [0.3, 0.4) is 0 Å². The van der Waals surface area contributed by atoms with Crippen molar-refractivity contribution >= 4 is 11.7 Å². The standard InChI is InChI=1S/C17H20FN3O2/c1-12(10-13-6-4-5-7-16(13)23-3)21(2)17(22)20-15-8-9-19-11-14(15)18/h4-9,11-12H,10H2,1-3H3,(H,19,20,22)/t12-/m1/s1. The number of rotatable bonds is 5. The first-order valence-corrected chi connectivity index (χ1v) is 7.28. The molecule has 0 aliphatic rings. The summed E-state index contributed by atoms with van der Waals surface area (Å²) in [5, 5.41) is 2.55. The molecule has 6 heteroatoms. The Hall–Kier alpha value is -2.63. The fraction of sp³-hybridized carbons (Fsp3) is 0.294. The fourth-order valence-corrected chi connectivity index (χ4v) is 2.21. The van der Waals surface area contributed by atoms with Crippen LogP contribution in [0.2, 0.25) is 0 Å². The Morgan fingerprint density at radius 1 is 1.39 bits per heavy atom. The summed E-state index contributed by atoms with van der Waals surface area (Å²) in [5.41, 5.74) is 1.12. The number of aromatic nitrogens is 1. The number of pyridine rings is 1. The number of carbonyl (C=O) groups excluding carboxylic acids is 1. The Bertz CT molecular complexity index is 678. The highest BCUT2D eigenvalue weighted by atomic mass is 19.1. The summed E-state index contributed by atoms with van der Waals surface area (Å²) in [6.45, 7) is 1.93. The SMILES string of the molecule is COc1ccccc1C[C@@H](C)N(C)C(=O)Nc1ccncc1F. The average molecular weight is 317 g/mol. The third-order valence-electron chi connectivity index (χ3n) is 3.70. The molecule has 0 aliphatic carbocycles. The minimum Gasteiger partial charge on any atom is -0.496 e. The lowest BCUT2D eigenvalue weighted by Gasteiger charge is -2.26. The predicted molar refractivity (Wildman–Crippen MR) is 87.1 cm³/mol. The molecule has 0 saturated carbocycles. The van der Waals surface area contributed by atoms with E-state index in [9.17, 15) is 9.18 Å². The van der Waals surface area contributed by atoms with Gasteiger partial charge in [-0.2, -0.15) is 0 Å². The molecule has 1 N–H and O–H groups in total. The van der Waals surface area contributed by atoms with E-state index in [1.165, 1.54) is 17.2 Å². The zero-order valence-corrected chi connectivity index (χ0v) is 13.4. The van der Waals surface area contributed by atoms with Crippen LogP contribution < -0.4 is 10.1 Å². The number of halogens is 1. The highest BCUT2D eigenvalue weighted by Crippen LogP contribution is 2.20. The fourth-order valence-electron chi connectivity index (χ4n) is 2.21. The number of para-hydroxylation sites is 1. The summed E-state index contributed by atoms with van der Waals surface area (Å²) in [4.78, 5) is 17.4. The molecule has 1 heterocycles. The van der Waals surface area contributed by atoms with Crippen molar-refractivity contribution in [3.63, 3.8) is 0 Å². The van der Waals surface area contributed by atoms with Crippen LogP contribution in [-0.2, 0) is 6.42 Å². The smallest absolute Gasteiger partial charge is 0.321 e. The first-order valence-electron chi connectivity index (χ1n) is 7.28. The molecule has 0 unspecified atom stereocenters. The number of benzene rings is 1. The van der Waals surface area contributed by atoms with E-state index in [1.807, 2.05) is 31.2 Å². The van der Waals surface area contributed by atoms with E-state index in [0.717, 1.165) is 17.5 Å². The van der Waals surface area contributed by atoms with Crippen LogP contribution in [0.5, 0.6) is 5.75 Å². The quantitative estimate of drug-likeness (QED) is 0.920. The topological polar surface area (TPSA) is 54.5 Å². The number of hydrogen-bond donors (Lipinski definition) is 1. The molecule has 23 heavy (non-hydrogen) atoms. The summed E-state index contributed by atoms with van der Waals surface area (Å²) in [6, 6.07) is 8.63. The first-order chi connectivity index (χ1) is 11.0. The third-order valence-corrected chi connectivity index (χ3v) is 3.70. The number of hydrogen-bond acceptors (Lipinski definition) is 3. The van der Waals surface area contributed by atoms with Crippen molar-refractivity contribution in [2.75, 3.05) is 19.5 Å². The molecule has 0 spiro atoms. The highest BCUT2D eigenvalue weighted by molar-refractivity contribution is 5.89. The minimum absolute atomic E-state index is 0.0869. The van der Waals surface area contributed by atoms with Gasteiger partial charge in [0.15, 0.2) is 5.82 Å². The second-order valence-corrected chi connectivity index (χ2v) is 5.26. The van der Waals surface area contributed by atoms with Crippen molar-refractivity contribution in [3.05, 3.63) is 54.1 Å². The van der Waals surface area contributed by atoms with E-state index in [0.29, 0.717) is 6.42 Å².